The predicted octanol–water partition coefficient (Wildman–Crippen LogP) is 0.501. The van der Waals surface area contributed by atoms with Crippen LogP contribution in [0.25, 0.3) is 0 Å². The Morgan fingerprint density at radius 3 is 2.33 bits per heavy atom. The molecule has 0 spiro atoms. The zero-order chi connectivity index (χ0) is 9.19. The summed E-state index contributed by atoms with van der Waals surface area (Å²) in [5, 5.41) is 0.356. The fraction of sp³-hybridized carbons (Fsp3) is 0.200. The van der Waals surface area contributed by atoms with Crippen LogP contribution in [0.15, 0.2) is 12.4 Å². The maximum absolute atomic E-state index is 10.7. The number of nitrogens with zero attached hydrogens (tertiary/aromatic N) is 2. The molecule has 66 valence electrons. The molecule has 7 heteroatoms. The molecule has 1 aromatic rings. The van der Waals surface area contributed by atoms with Gasteiger partial charge in [0.05, 0.1) is 23.7 Å². The summed E-state index contributed by atoms with van der Waals surface area (Å²) in [6.07, 6.45) is 3.63. The SMILES string of the molecule is CS(=O)(=O)Nc1ncc(Cl)cn1. The van der Waals surface area contributed by atoms with E-state index in [0.29, 0.717) is 5.02 Å². The van der Waals surface area contributed by atoms with Crippen molar-refractivity contribution in [2.24, 2.45) is 0 Å². The first-order chi connectivity index (χ1) is 5.47. The number of rotatable bonds is 2. The fourth-order valence-electron chi connectivity index (χ4n) is 0.531. The Morgan fingerprint density at radius 2 is 1.92 bits per heavy atom. The Hall–Kier alpha value is -0.880. The maximum Gasteiger partial charge on any atom is 0.236 e. The summed E-state index contributed by atoms with van der Waals surface area (Å²) in [6.45, 7) is 0. The third-order valence-corrected chi connectivity index (χ3v) is 1.65. The highest BCUT2D eigenvalue weighted by Crippen LogP contribution is 2.05. The van der Waals surface area contributed by atoms with Crippen LogP contribution in [0.5, 0.6) is 0 Å². The zero-order valence-electron chi connectivity index (χ0n) is 6.15. The van der Waals surface area contributed by atoms with E-state index in [-0.39, 0.29) is 5.95 Å². The number of nitrogens with one attached hydrogen (secondary N) is 1. The van der Waals surface area contributed by atoms with Crippen molar-refractivity contribution in [2.75, 3.05) is 11.0 Å². The van der Waals surface area contributed by atoms with E-state index in [0.717, 1.165) is 6.26 Å². The van der Waals surface area contributed by atoms with Gasteiger partial charge in [0.15, 0.2) is 0 Å². The average Bonchev–Trinajstić information content (AvgIpc) is 1.91. The van der Waals surface area contributed by atoms with E-state index in [9.17, 15) is 8.42 Å². The van der Waals surface area contributed by atoms with Crippen LogP contribution in [0.3, 0.4) is 0 Å². The summed E-state index contributed by atoms with van der Waals surface area (Å²) in [5.41, 5.74) is 0. The van der Waals surface area contributed by atoms with Gasteiger partial charge < -0.3 is 0 Å². The van der Waals surface area contributed by atoms with E-state index in [1.807, 2.05) is 0 Å². The second-order valence-corrected chi connectivity index (χ2v) is 4.28. The van der Waals surface area contributed by atoms with Gasteiger partial charge in [0, 0.05) is 0 Å². The Kier molecular flexibility index (Phi) is 2.49. The monoisotopic (exact) mass is 207 g/mol. The number of sulfonamides is 1. The van der Waals surface area contributed by atoms with Gasteiger partial charge in [-0.05, 0) is 0 Å². The Balaban J connectivity index is 2.85. The average molecular weight is 208 g/mol. The third kappa shape index (κ3) is 3.02. The minimum Gasteiger partial charge on any atom is -0.251 e. The van der Waals surface area contributed by atoms with Crippen molar-refractivity contribution in [2.45, 2.75) is 0 Å². The van der Waals surface area contributed by atoms with E-state index in [4.69, 9.17) is 11.6 Å². The maximum atomic E-state index is 10.7. The molecule has 0 radical (unpaired) electrons. The van der Waals surface area contributed by atoms with E-state index >= 15 is 0 Å². The molecule has 0 unspecified atom stereocenters. The van der Waals surface area contributed by atoms with Crippen LogP contribution in [0.1, 0.15) is 0 Å². The summed E-state index contributed by atoms with van der Waals surface area (Å²) < 4.78 is 23.4. The van der Waals surface area contributed by atoms with Gasteiger partial charge in [-0.25, -0.2) is 18.4 Å². The van der Waals surface area contributed by atoms with Crippen LogP contribution in [0.4, 0.5) is 5.95 Å². The lowest BCUT2D eigenvalue weighted by atomic mass is 10.7. The lowest BCUT2D eigenvalue weighted by Crippen LogP contribution is -2.11. The van der Waals surface area contributed by atoms with Crippen LogP contribution < -0.4 is 4.72 Å². The molecule has 0 amide bonds. The molecular formula is C5H6ClN3O2S. The molecule has 0 fully saturated rings. The fourth-order valence-corrected chi connectivity index (χ4v) is 1.07. The summed E-state index contributed by atoms with van der Waals surface area (Å²) in [4.78, 5) is 7.26. The van der Waals surface area contributed by atoms with Gasteiger partial charge in [-0.2, -0.15) is 0 Å². The summed E-state index contributed by atoms with van der Waals surface area (Å²) in [7, 11) is -3.31. The molecule has 1 aromatic heterocycles. The molecule has 12 heavy (non-hydrogen) atoms. The molecule has 1 heterocycles. The molecule has 0 atom stereocenters. The Bertz CT molecular complexity index is 361. The summed E-state index contributed by atoms with van der Waals surface area (Å²) in [5.74, 6) is 0.0156. The molecule has 0 aliphatic carbocycles. The second kappa shape index (κ2) is 3.24. The molecule has 0 aliphatic heterocycles. The van der Waals surface area contributed by atoms with Crippen molar-refractivity contribution in [1.82, 2.24) is 9.97 Å². The first-order valence-corrected chi connectivity index (χ1v) is 5.20. The highest BCUT2D eigenvalue weighted by atomic mass is 35.5. The third-order valence-electron chi connectivity index (χ3n) is 0.897. The smallest absolute Gasteiger partial charge is 0.236 e. The number of aromatic nitrogens is 2. The van der Waals surface area contributed by atoms with E-state index in [1.165, 1.54) is 12.4 Å². The molecule has 0 saturated carbocycles. The normalized spacial score (nSPS) is 11.2. The zero-order valence-corrected chi connectivity index (χ0v) is 7.72. The predicted molar refractivity (Wildman–Crippen MR) is 45.5 cm³/mol. The van der Waals surface area contributed by atoms with Gasteiger partial charge in [-0.1, -0.05) is 11.6 Å². The van der Waals surface area contributed by atoms with Crippen LogP contribution in [0.2, 0.25) is 5.02 Å². The van der Waals surface area contributed by atoms with Crippen LogP contribution in [-0.4, -0.2) is 24.6 Å². The van der Waals surface area contributed by atoms with Gasteiger partial charge >= 0.3 is 0 Å². The first kappa shape index (κ1) is 9.21. The number of hydrogen-bond donors (Lipinski definition) is 1. The number of hydrogen-bond acceptors (Lipinski definition) is 4. The molecule has 0 aromatic carbocycles. The highest BCUT2D eigenvalue weighted by molar-refractivity contribution is 7.91. The second-order valence-electron chi connectivity index (χ2n) is 2.10. The van der Waals surface area contributed by atoms with Crippen molar-refractivity contribution in [3.63, 3.8) is 0 Å². The molecule has 5 nitrogen and oxygen atoms in total. The molecule has 0 bridgehead atoms. The Labute approximate surface area is 74.8 Å². The number of anilines is 1. The lowest BCUT2D eigenvalue weighted by Gasteiger charge is -1.99. The first-order valence-electron chi connectivity index (χ1n) is 2.93. The van der Waals surface area contributed by atoms with Crippen LogP contribution in [0, 0.1) is 0 Å². The summed E-state index contributed by atoms with van der Waals surface area (Å²) >= 11 is 5.48. The van der Waals surface area contributed by atoms with Gasteiger partial charge in [0.1, 0.15) is 0 Å². The van der Waals surface area contributed by atoms with Crippen molar-refractivity contribution in [3.05, 3.63) is 17.4 Å². The van der Waals surface area contributed by atoms with Crippen molar-refractivity contribution in [3.8, 4) is 0 Å². The van der Waals surface area contributed by atoms with Crippen molar-refractivity contribution >= 4 is 27.6 Å². The molecule has 0 aliphatic rings. The van der Waals surface area contributed by atoms with Gasteiger partial charge in [0.2, 0.25) is 16.0 Å². The highest BCUT2D eigenvalue weighted by Gasteiger charge is 2.02. The van der Waals surface area contributed by atoms with E-state index in [1.54, 1.807) is 0 Å². The minimum atomic E-state index is -3.31. The summed E-state index contributed by atoms with van der Waals surface area (Å²) in [6, 6.07) is 0. The largest absolute Gasteiger partial charge is 0.251 e. The van der Waals surface area contributed by atoms with Gasteiger partial charge in [-0.3, -0.25) is 4.72 Å². The molecule has 1 rings (SSSR count). The van der Waals surface area contributed by atoms with Crippen molar-refractivity contribution < 1.29 is 8.42 Å². The lowest BCUT2D eigenvalue weighted by molar-refractivity contribution is 0.606. The standard InChI is InChI=1S/C5H6ClN3O2S/c1-12(10,11)9-5-7-2-4(6)3-8-5/h2-3H,1H3,(H,7,8,9). The van der Waals surface area contributed by atoms with Crippen LogP contribution in [-0.2, 0) is 10.0 Å². The van der Waals surface area contributed by atoms with Crippen molar-refractivity contribution in [1.29, 1.82) is 0 Å². The van der Waals surface area contributed by atoms with Gasteiger partial charge in [-0.15, -0.1) is 0 Å². The Morgan fingerprint density at radius 1 is 1.42 bits per heavy atom. The molecular weight excluding hydrogens is 202 g/mol. The van der Waals surface area contributed by atoms with E-state index in [2.05, 4.69) is 14.7 Å². The molecule has 0 saturated heterocycles. The topological polar surface area (TPSA) is 72.0 Å². The van der Waals surface area contributed by atoms with Crippen LogP contribution >= 0.6 is 11.6 Å². The molecule has 1 N–H and O–H groups in total. The minimum absolute atomic E-state index is 0.0156. The number of halogens is 1. The van der Waals surface area contributed by atoms with E-state index < -0.39 is 10.0 Å². The quantitative estimate of drug-likeness (QED) is 0.767. The van der Waals surface area contributed by atoms with Gasteiger partial charge in [0.25, 0.3) is 0 Å².